The highest BCUT2D eigenvalue weighted by Gasteiger charge is 2.16. The zero-order valence-corrected chi connectivity index (χ0v) is 11.8. The molecule has 4 nitrogen and oxygen atoms in total. The lowest BCUT2D eigenvalue weighted by Crippen LogP contribution is -2.16. The highest BCUT2D eigenvalue weighted by atomic mass is 15.3. The molecular weight excluding hydrogens is 248 g/mol. The Balaban J connectivity index is 1.79. The molecule has 1 N–H and O–H groups in total. The smallest absolute Gasteiger partial charge is 0.176 e. The minimum Gasteiger partial charge on any atom is -0.259 e. The summed E-state index contributed by atoms with van der Waals surface area (Å²) in [5.74, 6) is 1.36. The fourth-order valence-corrected chi connectivity index (χ4v) is 2.86. The fourth-order valence-electron chi connectivity index (χ4n) is 2.86. The second kappa shape index (κ2) is 5.99. The summed E-state index contributed by atoms with van der Waals surface area (Å²) >= 11 is 0. The van der Waals surface area contributed by atoms with Gasteiger partial charge in [-0.25, -0.2) is 0 Å². The monoisotopic (exact) mass is 268 g/mol. The lowest BCUT2D eigenvalue weighted by atomic mass is 9.86. The number of hydrogen-bond donors (Lipinski definition) is 1. The van der Waals surface area contributed by atoms with Gasteiger partial charge in [0.15, 0.2) is 5.82 Å². The van der Waals surface area contributed by atoms with Crippen molar-refractivity contribution in [2.45, 2.75) is 39.0 Å². The molecule has 0 atom stereocenters. The molecule has 0 aliphatic heterocycles. The standard InChI is InChI=1S/C16H20N4/c1-12(13-7-3-2-4-8-13)18-20-16-15-10-6-5-9-14(15)11-17-19-16/h5-6,9-11,13H,2-4,7-8H2,1H3,(H,19,20)/b18-12-. The van der Waals surface area contributed by atoms with Crippen molar-refractivity contribution in [1.29, 1.82) is 0 Å². The van der Waals surface area contributed by atoms with Crippen LogP contribution in [0.3, 0.4) is 0 Å². The van der Waals surface area contributed by atoms with Crippen LogP contribution in [0.5, 0.6) is 0 Å². The molecule has 1 aromatic heterocycles. The number of benzene rings is 1. The number of hydrazone groups is 1. The number of nitrogens with one attached hydrogen (secondary N) is 1. The minimum atomic E-state index is 0.624. The summed E-state index contributed by atoms with van der Waals surface area (Å²) in [6.45, 7) is 2.11. The summed E-state index contributed by atoms with van der Waals surface area (Å²) < 4.78 is 0. The molecule has 0 unspecified atom stereocenters. The topological polar surface area (TPSA) is 50.2 Å². The quantitative estimate of drug-likeness (QED) is 0.676. The van der Waals surface area contributed by atoms with E-state index in [9.17, 15) is 0 Å². The first-order chi connectivity index (χ1) is 9.84. The summed E-state index contributed by atoms with van der Waals surface area (Å²) in [4.78, 5) is 0. The summed E-state index contributed by atoms with van der Waals surface area (Å²) in [7, 11) is 0. The predicted octanol–water partition coefficient (Wildman–Crippen LogP) is 4.00. The van der Waals surface area contributed by atoms with E-state index in [1.165, 1.54) is 37.8 Å². The maximum Gasteiger partial charge on any atom is 0.176 e. The Kier molecular flexibility index (Phi) is 3.90. The normalized spacial score (nSPS) is 17.4. The van der Waals surface area contributed by atoms with Gasteiger partial charge in [-0.2, -0.15) is 10.2 Å². The second-order valence-electron chi connectivity index (χ2n) is 5.48. The Morgan fingerprint density at radius 2 is 2.00 bits per heavy atom. The van der Waals surface area contributed by atoms with Crippen LogP contribution in [0.25, 0.3) is 10.8 Å². The molecule has 0 amide bonds. The molecule has 1 aliphatic carbocycles. The highest BCUT2D eigenvalue weighted by Crippen LogP contribution is 2.25. The number of rotatable bonds is 3. The molecular formula is C16H20N4. The summed E-state index contributed by atoms with van der Waals surface area (Å²) in [6, 6.07) is 8.09. The van der Waals surface area contributed by atoms with Crippen molar-refractivity contribution in [1.82, 2.24) is 10.2 Å². The molecule has 0 radical (unpaired) electrons. The molecule has 1 aliphatic rings. The molecule has 0 saturated heterocycles. The number of nitrogens with zero attached hydrogens (tertiary/aromatic N) is 3. The van der Waals surface area contributed by atoms with Crippen LogP contribution >= 0.6 is 0 Å². The van der Waals surface area contributed by atoms with E-state index in [0.29, 0.717) is 5.92 Å². The molecule has 1 saturated carbocycles. The Bertz CT molecular complexity index is 609. The lowest BCUT2D eigenvalue weighted by molar-refractivity contribution is 0.438. The van der Waals surface area contributed by atoms with Gasteiger partial charge in [-0.1, -0.05) is 43.5 Å². The maximum atomic E-state index is 4.53. The molecule has 20 heavy (non-hydrogen) atoms. The van der Waals surface area contributed by atoms with E-state index in [4.69, 9.17) is 0 Å². The van der Waals surface area contributed by atoms with Gasteiger partial charge in [0.05, 0.1) is 6.20 Å². The molecule has 3 rings (SSSR count). The Hall–Kier alpha value is -1.97. The van der Waals surface area contributed by atoms with Crippen LogP contribution in [0.1, 0.15) is 39.0 Å². The first-order valence-corrected chi connectivity index (χ1v) is 7.35. The summed E-state index contributed by atoms with van der Waals surface area (Å²) in [6.07, 6.45) is 8.32. The average Bonchev–Trinajstić information content (AvgIpc) is 2.53. The highest BCUT2D eigenvalue weighted by molar-refractivity contribution is 5.92. The molecule has 1 heterocycles. The van der Waals surface area contributed by atoms with E-state index in [1.54, 1.807) is 6.20 Å². The molecule has 0 bridgehead atoms. The largest absolute Gasteiger partial charge is 0.259 e. The summed E-state index contributed by atoms with van der Waals surface area (Å²) in [5.41, 5.74) is 4.28. The number of aromatic nitrogens is 2. The Morgan fingerprint density at radius 1 is 1.20 bits per heavy atom. The lowest BCUT2D eigenvalue weighted by Gasteiger charge is -2.21. The van der Waals surface area contributed by atoms with Crippen molar-refractivity contribution in [2.75, 3.05) is 5.43 Å². The SMILES string of the molecule is C/C(=N/Nc1nncc2ccccc12)C1CCCCC1. The van der Waals surface area contributed by atoms with Crippen LogP contribution < -0.4 is 5.43 Å². The Morgan fingerprint density at radius 3 is 2.85 bits per heavy atom. The van der Waals surface area contributed by atoms with Gasteiger partial charge in [-0.15, -0.1) is 5.10 Å². The van der Waals surface area contributed by atoms with Crippen molar-refractivity contribution in [3.8, 4) is 0 Å². The van der Waals surface area contributed by atoms with Crippen LogP contribution in [-0.4, -0.2) is 15.9 Å². The van der Waals surface area contributed by atoms with Crippen LogP contribution in [0.4, 0.5) is 5.82 Å². The van der Waals surface area contributed by atoms with Gasteiger partial charge in [-0.05, 0) is 25.7 Å². The molecule has 1 aromatic carbocycles. The van der Waals surface area contributed by atoms with Gasteiger partial charge >= 0.3 is 0 Å². The van der Waals surface area contributed by atoms with Crippen LogP contribution in [0, 0.1) is 5.92 Å². The van der Waals surface area contributed by atoms with Gasteiger partial charge in [0.2, 0.25) is 0 Å². The third-order valence-corrected chi connectivity index (χ3v) is 4.10. The molecule has 0 spiro atoms. The van der Waals surface area contributed by atoms with E-state index in [1.807, 2.05) is 24.3 Å². The fraction of sp³-hybridized carbons (Fsp3) is 0.438. The molecule has 4 heteroatoms. The van der Waals surface area contributed by atoms with Gasteiger partial charge in [0.1, 0.15) is 0 Å². The van der Waals surface area contributed by atoms with Gasteiger partial charge in [0.25, 0.3) is 0 Å². The van der Waals surface area contributed by atoms with Crippen molar-refractivity contribution in [3.63, 3.8) is 0 Å². The first-order valence-electron chi connectivity index (χ1n) is 7.35. The first kappa shape index (κ1) is 13.0. The maximum absolute atomic E-state index is 4.53. The van der Waals surface area contributed by atoms with Crippen LogP contribution in [-0.2, 0) is 0 Å². The van der Waals surface area contributed by atoms with Crippen LogP contribution in [0.2, 0.25) is 0 Å². The van der Waals surface area contributed by atoms with Crippen molar-refractivity contribution in [2.24, 2.45) is 11.0 Å². The van der Waals surface area contributed by atoms with E-state index in [2.05, 4.69) is 27.6 Å². The molecule has 1 fully saturated rings. The van der Waals surface area contributed by atoms with Crippen molar-refractivity contribution < 1.29 is 0 Å². The van der Waals surface area contributed by atoms with Gasteiger partial charge in [-0.3, -0.25) is 5.43 Å². The van der Waals surface area contributed by atoms with Crippen molar-refractivity contribution in [3.05, 3.63) is 30.5 Å². The third-order valence-electron chi connectivity index (χ3n) is 4.10. The number of fused-ring (bicyclic) bond motifs is 1. The van der Waals surface area contributed by atoms with Gasteiger partial charge < -0.3 is 0 Å². The van der Waals surface area contributed by atoms with E-state index in [-0.39, 0.29) is 0 Å². The third kappa shape index (κ3) is 2.79. The second-order valence-corrected chi connectivity index (χ2v) is 5.48. The van der Waals surface area contributed by atoms with E-state index in [0.717, 1.165) is 16.6 Å². The zero-order valence-electron chi connectivity index (χ0n) is 11.8. The number of hydrogen-bond acceptors (Lipinski definition) is 4. The Labute approximate surface area is 119 Å². The molecule has 104 valence electrons. The van der Waals surface area contributed by atoms with Crippen LogP contribution in [0.15, 0.2) is 35.6 Å². The molecule has 2 aromatic rings. The van der Waals surface area contributed by atoms with Gasteiger partial charge in [0, 0.05) is 16.5 Å². The van der Waals surface area contributed by atoms with Crippen molar-refractivity contribution >= 4 is 22.3 Å². The minimum absolute atomic E-state index is 0.624. The van der Waals surface area contributed by atoms with E-state index < -0.39 is 0 Å². The average molecular weight is 268 g/mol. The predicted molar refractivity (Wildman–Crippen MR) is 82.8 cm³/mol. The summed E-state index contributed by atoms with van der Waals surface area (Å²) in [5, 5.41) is 14.8. The number of anilines is 1. The van der Waals surface area contributed by atoms with E-state index >= 15 is 0 Å². The zero-order chi connectivity index (χ0) is 13.8.